The Balaban J connectivity index is 1.87. The highest BCUT2D eigenvalue weighted by atomic mass is 35.5. The number of nitrogens with zero attached hydrogens (tertiary/aromatic N) is 1. The van der Waals surface area contributed by atoms with Gasteiger partial charge in [-0.2, -0.15) is 11.3 Å². The summed E-state index contributed by atoms with van der Waals surface area (Å²) in [7, 11) is 4.01. The first-order valence-corrected chi connectivity index (χ1v) is 9.05. The standard InChI is InChI=1S/C18H23ClN2O2S/c1-12-7-15(8-13(2)18(12)19)23-10-17(22)20-9-16(21(3)4)14-5-6-24-11-14/h5-8,11,16H,9-10H2,1-4H3,(H,20,22). The van der Waals surface area contributed by atoms with Crippen LogP contribution in [0.25, 0.3) is 0 Å². The van der Waals surface area contributed by atoms with E-state index in [9.17, 15) is 4.79 Å². The van der Waals surface area contributed by atoms with Crippen molar-refractivity contribution in [1.29, 1.82) is 0 Å². The van der Waals surface area contributed by atoms with Crippen molar-refractivity contribution < 1.29 is 9.53 Å². The van der Waals surface area contributed by atoms with Gasteiger partial charge in [-0.15, -0.1) is 0 Å². The molecule has 1 atom stereocenters. The molecule has 1 amide bonds. The van der Waals surface area contributed by atoms with Gasteiger partial charge >= 0.3 is 0 Å². The summed E-state index contributed by atoms with van der Waals surface area (Å²) in [6.45, 7) is 4.38. The van der Waals surface area contributed by atoms with Crippen LogP contribution in [0.15, 0.2) is 29.0 Å². The molecule has 24 heavy (non-hydrogen) atoms. The third-order valence-electron chi connectivity index (χ3n) is 3.82. The van der Waals surface area contributed by atoms with Crippen LogP contribution in [-0.4, -0.2) is 38.1 Å². The maximum atomic E-state index is 12.1. The predicted octanol–water partition coefficient (Wildman–Crippen LogP) is 3.82. The number of amides is 1. The van der Waals surface area contributed by atoms with Crippen LogP contribution < -0.4 is 10.1 Å². The van der Waals surface area contributed by atoms with Crippen LogP contribution in [-0.2, 0) is 4.79 Å². The summed E-state index contributed by atoms with van der Waals surface area (Å²) in [6.07, 6.45) is 0. The van der Waals surface area contributed by atoms with Crippen LogP contribution in [0.2, 0.25) is 5.02 Å². The van der Waals surface area contributed by atoms with Crippen LogP contribution in [0.5, 0.6) is 5.75 Å². The van der Waals surface area contributed by atoms with Crippen LogP contribution >= 0.6 is 22.9 Å². The van der Waals surface area contributed by atoms with E-state index in [0.717, 1.165) is 16.1 Å². The summed E-state index contributed by atoms with van der Waals surface area (Å²) >= 11 is 7.79. The number of likely N-dealkylation sites (N-methyl/N-ethyl adjacent to an activating group) is 1. The summed E-state index contributed by atoms with van der Waals surface area (Å²) in [5.74, 6) is 0.522. The highest BCUT2D eigenvalue weighted by molar-refractivity contribution is 7.07. The van der Waals surface area contributed by atoms with Gasteiger partial charge in [-0.1, -0.05) is 11.6 Å². The molecule has 0 bridgehead atoms. The summed E-state index contributed by atoms with van der Waals surface area (Å²) in [5, 5.41) is 7.82. The zero-order chi connectivity index (χ0) is 17.7. The predicted molar refractivity (Wildman–Crippen MR) is 100 cm³/mol. The molecule has 130 valence electrons. The second-order valence-corrected chi connectivity index (χ2v) is 7.16. The number of hydrogen-bond acceptors (Lipinski definition) is 4. The van der Waals surface area contributed by atoms with Gasteiger partial charge in [-0.3, -0.25) is 4.79 Å². The second kappa shape index (κ2) is 8.51. The van der Waals surface area contributed by atoms with Gasteiger partial charge in [0.1, 0.15) is 5.75 Å². The monoisotopic (exact) mass is 366 g/mol. The molecule has 2 rings (SSSR count). The highest BCUT2D eigenvalue weighted by Crippen LogP contribution is 2.25. The molecular weight excluding hydrogens is 344 g/mol. The average Bonchev–Trinajstić information content (AvgIpc) is 3.04. The summed E-state index contributed by atoms with van der Waals surface area (Å²) in [4.78, 5) is 14.2. The minimum atomic E-state index is -0.137. The van der Waals surface area contributed by atoms with E-state index in [0.29, 0.717) is 12.3 Å². The molecule has 0 aliphatic heterocycles. The van der Waals surface area contributed by atoms with Gasteiger partial charge in [-0.25, -0.2) is 0 Å². The van der Waals surface area contributed by atoms with Crippen molar-refractivity contribution in [3.8, 4) is 5.75 Å². The molecule has 1 unspecified atom stereocenters. The van der Waals surface area contributed by atoms with E-state index in [1.54, 1.807) is 11.3 Å². The van der Waals surface area contributed by atoms with Crippen molar-refractivity contribution in [1.82, 2.24) is 10.2 Å². The van der Waals surface area contributed by atoms with Crippen molar-refractivity contribution in [2.45, 2.75) is 19.9 Å². The molecule has 2 aromatic rings. The molecule has 1 N–H and O–H groups in total. The van der Waals surface area contributed by atoms with E-state index in [1.165, 1.54) is 5.56 Å². The van der Waals surface area contributed by atoms with Crippen LogP contribution in [0, 0.1) is 13.8 Å². The van der Waals surface area contributed by atoms with Gasteiger partial charge in [0.25, 0.3) is 5.91 Å². The van der Waals surface area contributed by atoms with Gasteiger partial charge in [0.15, 0.2) is 6.61 Å². The molecule has 6 heteroatoms. The Bertz CT molecular complexity index is 663. The lowest BCUT2D eigenvalue weighted by molar-refractivity contribution is -0.123. The number of hydrogen-bond donors (Lipinski definition) is 1. The largest absolute Gasteiger partial charge is 0.484 e. The third kappa shape index (κ3) is 4.97. The lowest BCUT2D eigenvalue weighted by Gasteiger charge is -2.24. The smallest absolute Gasteiger partial charge is 0.258 e. The zero-order valence-corrected chi connectivity index (χ0v) is 16.0. The third-order valence-corrected chi connectivity index (χ3v) is 5.12. The Morgan fingerprint density at radius 3 is 2.54 bits per heavy atom. The highest BCUT2D eigenvalue weighted by Gasteiger charge is 2.16. The first kappa shape index (κ1) is 18.8. The Morgan fingerprint density at radius 1 is 1.33 bits per heavy atom. The number of nitrogens with one attached hydrogen (secondary N) is 1. The summed E-state index contributed by atoms with van der Waals surface area (Å²) < 4.78 is 5.59. The molecule has 0 fully saturated rings. The first-order chi connectivity index (χ1) is 11.4. The average molecular weight is 367 g/mol. The number of ether oxygens (including phenoxy) is 1. The van der Waals surface area contributed by atoms with Crippen LogP contribution in [0.1, 0.15) is 22.7 Å². The molecule has 0 spiro atoms. The fourth-order valence-corrected chi connectivity index (χ4v) is 3.28. The molecule has 1 aromatic carbocycles. The Hall–Kier alpha value is -1.56. The van der Waals surface area contributed by atoms with Gasteiger partial charge in [0.05, 0.1) is 6.04 Å². The molecule has 4 nitrogen and oxygen atoms in total. The van der Waals surface area contributed by atoms with E-state index < -0.39 is 0 Å². The maximum Gasteiger partial charge on any atom is 0.258 e. The van der Waals surface area contributed by atoms with E-state index in [1.807, 2.05) is 45.5 Å². The number of carbonyl (C=O) groups excluding carboxylic acids is 1. The lowest BCUT2D eigenvalue weighted by Crippen LogP contribution is -2.36. The number of halogens is 1. The normalized spacial score (nSPS) is 12.2. The summed E-state index contributed by atoms with van der Waals surface area (Å²) in [6, 6.07) is 5.92. The molecule has 0 saturated heterocycles. The SMILES string of the molecule is Cc1cc(OCC(=O)NCC(c2ccsc2)N(C)C)cc(C)c1Cl. The molecule has 0 aliphatic rings. The first-order valence-electron chi connectivity index (χ1n) is 7.73. The van der Waals surface area contributed by atoms with E-state index in [4.69, 9.17) is 16.3 Å². The maximum absolute atomic E-state index is 12.1. The molecule has 0 radical (unpaired) electrons. The van der Waals surface area contributed by atoms with Gasteiger partial charge in [0, 0.05) is 11.6 Å². The molecule has 1 aromatic heterocycles. The number of aryl methyl sites for hydroxylation is 2. The quantitative estimate of drug-likeness (QED) is 0.810. The summed E-state index contributed by atoms with van der Waals surface area (Å²) in [5.41, 5.74) is 3.09. The van der Waals surface area contributed by atoms with Crippen molar-refractivity contribution in [3.05, 3.63) is 50.7 Å². The topological polar surface area (TPSA) is 41.6 Å². The Kier molecular flexibility index (Phi) is 6.66. The fourth-order valence-electron chi connectivity index (χ4n) is 2.46. The van der Waals surface area contributed by atoms with Crippen molar-refractivity contribution in [2.24, 2.45) is 0 Å². The number of rotatable bonds is 7. The Labute approximate surface area is 152 Å². The zero-order valence-electron chi connectivity index (χ0n) is 14.4. The number of benzene rings is 1. The second-order valence-electron chi connectivity index (χ2n) is 6.00. The molecular formula is C18H23ClN2O2S. The number of thiophene rings is 1. The number of carbonyl (C=O) groups is 1. The van der Waals surface area contributed by atoms with Crippen LogP contribution in [0.3, 0.4) is 0 Å². The lowest BCUT2D eigenvalue weighted by atomic mass is 10.1. The van der Waals surface area contributed by atoms with Crippen molar-refractivity contribution >= 4 is 28.8 Å². The van der Waals surface area contributed by atoms with E-state index in [2.05, 4.69) is 21.7 Å². The van der Waals surface area contributed by atoms with E-state index in [-0.39, 0.29) is 18.6 Å². The molecule has 0 aliphatic carbocycles. The molecule has 1 heterocycles. The van der Waals surface area contributed by atoms with E-state index >= 15 is 0 Å². The van der Waals surface area contributed by atoms with Gasteiger partial charge in [-0.05, 0) is 73.6 Å². The van der Waals surface area contributed by atoms with Gasteiger partial charge < -0.3 is 15.0 Å². The van der Waals surface area contributed by atoms with Gasteiger partial charge in [0.2, 0.25) is 0 Å². The fraction of sp³-hybridized carbons (Fsp3) is 0.389. The Morgan fingerprint density at radius 2 is 2.00 bits per heavy atom. The molecule has 0 saturated carbocycles. The van der Waals surface area contributed by atoms with Crippen molar-refractivity contribution in [2.75, 3.05) is 27.2 Å². The minimum Gasteiger partial charge on any atom is -0.484 e. The minimum absolute atomic E-state index is 0.00963. The van der Waals surface area contributed by atoms with Crippen molar-refractivity contribution in [3.63, 3.8) is 0 Å². The van der Waals surface area contributed by atoms with Crippen LogP contribution in [0.4, 0.5) is 0 Å².